The number of halogens is 1. The van der Waals surface area contributed by atoms with Gasteiger partial charge < -0.3 is 14.0 Å². The Hall–Kier alpha value is -1.33. The van der Waals surface area contributed by atoms with Crippen molar-refractivity contribution in [2.24, 2.45) is 0 Å². The summed E-state index contributed by atoms with van der Waals surface area (Å²) in [4.78, 5) is 0. The van der Waals surface area contributed by atoms with E-state index in [-0.39, 0.29) is 12.3 Å². The maximum Gasteiger partial charge on any atom is 0.525 e. The van der Waals surface area contributed by atoms with Crippen LogP contribution in [0.3, 0.4) is 0 Å². The van der Waals surface area contributed by atoms with Crippen molar-refractivity contribution in [3.05, 3.63) is 41.1 Å². The van der Waals surface area contributed by atoms with Gasteiger partial charge in [-0.05, 0) is 44.9 Å². The molecule has 0 aromatic heterocycles. The second-order valence-electron chi connectivity index (χ2n) is 6.61. The molecule has 1 aromatic rings. The van der Waals surface area contributed by atoms with E-state index in [1.54, 1.807) is 0 Å². The van der Waals surface area contributed by atoms with Crippen molar-refractivity contribution < 1.29 is 18.4 Å². The highest BCUT2D eigenvalue weighted by atomic mass is 19.1. The Morgan fingerprint density at radius 1 is 1.10 bits per heavy atom. The molecule has 2 heterocycles. The molecule has 1 fully saturated rings. The Bertz CT molecular complexity index is 579. The van der Waals surface area contributed by atoms with Gasteiger partial charge in [-0.25, -0.2) is 4.39 Å². The van der Waals surface area contributed by atoms with Crippen LogP contribution in [0.2, 0.25) is 0 Å². The van der Waals surface area contributed by atoms with Crippen LogP contribution in [0.5, 0.6) is 5.75 Å². The van der Waals surface area contributed by atoms with Gasteiger partial charge >= 0.3 is 7.12 Å². The molecule has 3 nitrogen and oxygen atoms in total. The molecular formula is C16H20BFO3. The second-order valence-corrected chi connectivity index (χ2v) is 6.61. The number of hydrogen-bond acceptors (Lipinski definition) is 3. The zero-order valence-electron chi connectivity index (χ0n) is 12.9. The third-order valence-electron chi connectivity index (χ3n) is 4.58. The van der Waals surface area contributed by atoms with Gasteiger partial charge in [-0.15, -0.1) is 0 Å². The van der Waals surface area contributed by atoms with E-state index in [2.05, 4.69) is 0 Å². The Kier molecular flexibility index (Phi) is 3.37. The Balaban J connectivity index is 1.85. The van der Waals surface area contributed by atoms with Gasteiger partial charge in [0, 0.05) is 6.42 Å². The molecule has 1 aromatic carbocycles. The molecule has 1 saturated heterocycles. The predicted octanol–water partition coefficient (Wildman–Crippen LogP) is 3.48. The van der Waals surface area contributed by atoms with Crippen molar-refractivity contribution in [1.29, 1.82) is 0 Å². The summed E-state index contributed by atoms with van der Waals surface area (Å²) in [5.74, 6) is 0.822. The fraction of sp³-hybridized carbons (Fsp3) is 0.500. The molecule has 2 aliphatic heterocycles. The fourth-order valence-electron chi connectivity index (χ4n) is 2.50. The smallest absolute Gasteiger partial charge is 0.489 e. The van der Waals surface area contributed by atoms with Gasteiger partial charge in [-0.2, -0.15) is 0 Å². The average Bonchev–Trinajstić information content (AvgIpc) is 2.66. The molecule has 0 unspecified atom stereocenters. The standard InChI is InChI=1S/C16H20BFO3/c1-15(2)16(3,4)21-17(20-15)14(18)12-9-11-7-5-6-8-13(11)19-10-12/h5-8H,9-10H2,1-4H3. The number of para-hydroxylation sites is 1. The quantitative estimate of drug-likeness (QED) is 0.741. The summed E-state index contributed by atoms with van der Waals surface area (Å²) in [7, 11) is -0.945. The fourth-order valence-corrected chi connectivity index (χ4v) is 2.50. The molecule has 2 aliphatic rings. The number of benzene rings is 1. The van der Waals surface area contributed by atoms with E-state index < -0.39 is 18.3 Å². The largest absolute Gasteiger partial charge is 0.525 e. The van der Waals surface area contributed by atoms with E-state index in [0.717, 1.165) is 11.3 Å². The molecule has 0 spiro atoms. The first-order valence-electron chi connectivity index (χ1n) is 7.24. The summed E-state index contributed by atoms with van der Waals surface area (Å²) >= 11 is 0. The van der Waals surface area contributed by atoms with Gasteiger partial charge in [0.2, 0.25) is 0 Å². The summed E-state index contributed by atoms with van der Waals surface area (Å²) in [6, 6.07) is 7.70. The lowest BCUT2D eigenvalue weighted by Gasteiger charge is -2.32. The van der Waals surface area contributed by atoms with Crippen LogP contribution >= 0.6 is 0 Å². The van der Waals surface area contributed by atoms with Crippen LogP contribution in [0, 0.1) is 0 Å². The third kappa shape index (κ3) is 2.49. The van der Waals surface area contributed by atoms with Crippen molar-refractivity contribution in [3.63, 3.8) is 0 Å². The minimum atomic E-state index is -0.945. The molecule has 21 heavy (non-hydrogen) atoms. The van der Waals surface area contributed by atoms with Crippen LogP contribution in [0.15, 0.2) is 35.6 Å². The average molecular weight is 290 g/mol. The number of ether oxygens (including phenoxy) is 1. The van der Waals surface area contributed by atoms with Crippen molar-refractivity contribution in [2.45, 2.75) is 45.3 Å². The summed E-state index contributed by atoms with van der Waals surface area (Å²) in [5, 5.41) is 0. The molecule has 0 radical (unpaired) electrons. The lowest BCUT2D eigenvalue weighted by atomic mass is 9.82. The molecule has 112 valence electrons. The van der Waals surface area contributed by atoms with Crippen LogP contribution in [0.1, 0.15) is 33.3 Å². The van der Waals surface area contributed by atoms with Gasteiger partial charge in [-0.3, -0.25) is 0 Å². The van der Waals surface area contributed by atoms with Gasteiger partial charge in [0.25, 0.3) is 0 Å². The number of hydrogen-bond donors (Lipinski definition) is 0. The summed E-state index contributed by atoms with van der Waals surface area (Å²) < 4.78 is 31.8. The molecule has 0 N–H and O–H groups in total. The first kappa shape index (κ1) is 14.6. The highest BCUT2D eigenvalue weighted by Crippen LogP contribution is 2.40. The highest BCUT2D eigenvalue weighted by Gasteiger charge is 2.53. The SMILES string of the molecule is CC1(C)OB(C(F)=C2COc3ccccc3C2)OC1(C)C. The Labute approximate surface area is 125 Å². The normalized spacial score (nSPS) is 25.3. The lowest BCUT2D eigenvalue weighted by molar-refractivity contribution is 0.00578. The molecule has 3 rings (SSSR count). The molecule has 0 amide bonds. The zero-order chi connectivity index (χ0) is 15.3. The van der Waals surface area contributed by atoms with Crippen molar-refractivity contribution in [3.8, 4) is 5.75 Å². The maximum atomic E-state index is 14.7. The topological polar surface area (TPSA) is 27.7 Å². The van der Waals surface area contributed by atoms with Crippen LogP contribution < -0.4 is 4.74 Å². The predicted molar refractivity (Wildman–Crippen MR) is 79.9 cm³/mol. The minimum Gasteiger partial charge on any atom is -0.489 e. The molecule has 0 aliphatic carbocycles. The molecule has 0 atom stereocenters. The van der Waals surface area contributed by atoms with Gasteiger partial charge in [-0.1, -0.05) is 18.2 Å². The Morgan fingerprint density at radius 2 is 1.71 bits per heavy atom. The molecule has 5 heteroatoms. The van der Waals surface area contributed by atoms with E-state index in [9.17, 15) is 4.39 Å². The summed E-state index contributed by atoms with van der Waals surface area (Å²) in [5.41, 5.74) is 0.146. The van der Waals surface area contributed by atoms with E-state index in [4.69, 9.17) is 14.0 Å². The Morgan fingerprint density at radius 3 is 2.38 bits per heavy atom. The molecular weight excluding hydrogens is 270 g/mol. The first-order valence-corrected chi connectivity index (χ1v) is 7.24. The zero-order valence-corrected chi connectivity index (χ0v) is 12.9. The van der Waals surface area contributed by atoms with E-state index in [0.29, 0.717) is 12.0 Å². The second kappa shape index (κ2) is 4.85. The summed E-state index contributed by atoms with van der Waals surface area (Å²) in [6.07, 6.45) is 0.534. The minimum absolute atomic E-state index is 0.243. The number of fused-ring (bicyclic) bond motifs is 1. The van der Waals surface area contributed by atoms with Crippen molar-refractivity contribution in [2.75, 3.05) is 6.61 Å². The van der Waals surface area contributed by atoms with Gasteiger partial charge in [0.15, 0.2) is 0 Å². The van der Waals surface area contributed by atoms with E-state index >= 15 is 0 Å². The van der Waals surface area contributed by atoms with E-state index in [1.165, 1.54) is 0 Å². The van der Waals surface area contributed by atoms with Crippen LogP contribution in [-0.4, -0.2) is 24.9 Å². The van der Waals surface area contributed by atoms with Gasteiger partial charge in [0.05, 0.1) is 11.2 Å². The summed E-state index contributed by atoms with van der Waals surface area (Å²) in [6.45, 7) is 7.90. The monoisotopic (exact) mass is 290 g/mol. The molecule has 0 bridgehead atoms. The first-order chi connectivity index (χ1) is 9.80. The maximum absolute atomic E-state index is 14.7. The van der Waals surface area contributed by atoms with Gasteiger partial charge in [0.1, 0.15) is 18.1 Å². The van der Waals surface area contributed by atoms with Crippen molar-refractivity contribution in [1.82, 2.24) is 0 Å². The molecule has 0 saturated carbocycles. The van der Waals surface area contributed by atoms with Crippen LogP contribution in [0.4, 0.5) is 4.39 Å². The lowest BCUT2D eigenvalue weighted by Crippen LogP contribution is -2.41. The van der Waals surface area contributed by atoms with Crippen LogP contribution in [0.25, 0.3) is 0 Å². The van der Waals surface area contributed by atoms with Crippen molar-refractivity contribution >= 4 is 7.12 Å². The number of rotatable bonds is 1. The third-order valence-corrected chi connectivity index (χ3v) is 4.58. The highest BCUT2D eigenvalue weighted by molar-refractivity contribution is 6.53. The van der Waals surface area contributed by atoms with Crippen LogP contribution in [-0.2, 0) is 15.7 Å². The van der Waals surface area contributed by atoms with E-state index in [1.807, 2.05) is 52.0 Å².